The summed E-state index contributed by atoms with van der Waals surface area (Å²) < 4.78 is 0. The fourth-order valence-corrected chi connectivity index (χ4v) is 10.6. The number of primary amides is 1. The number of rotatable bonds is 45. The van der Waals surface area contributed by atoms with Gasteiger partial charge in [-0.2, -0.15) is 0 Å². The van der Waals surface area contributed by atoms with Crippen molar-refractivity contribution >= 4 is 88.7 Å². The highest BCUT2D eigenvalue weighted by molar-refractivity contribution is 8.00. The second-order valence-corrected chi connectivity index (χ2v) is 26.0. The molecular formula is C65H106N16O13S. The minimum atomic E-state index is -1.76. The number of benzene rings is 2. The zero-order valence-electron chi connectivity index (χ0n) is 56.6. The number of nitrogens with one attached hydrogen (secondary N) is 10. The van der Waals surface area contributed by atoms with Crippen LogP contribution in [0.3, 0.4) is 0 Å². The number of aliphatic imine (C=N–C) groups is 1. The number of hydrogen-bond acceptors (Lipinski definition) is 16. The van der Waals surface area contributed by atoms with Gasteiger partial charge in [0.25, 0.3) is 5.91 Å². The third kappa shape index (κ3) is 31.2. The third-order valence-electron chi connectivity index (χ3n) is 15.9. The number of nitrogens with two attached hydrogens (primary N) is 5. The number of carbonyl (C=O) groups excluding carboxylic acids is 11. The number of amides is 11. The van der Waals surface area contributed by atoms with Gasteiger partial charge in [-0.3, -0.25) is 62.5 Å². The maximum atomic E-state index is 14.9. The van der Waals surface area contributed by atoms with Crippen molar-refractivity contribution in [2.75, 3.05) is 19.6 Å². The van der Waals surface area contributed by atoms with Gasteiger partial charge in [0.1, 0.15) is 48.3 Å². The summed E-state index contributed by atoms with van der Waals surface area (Å²) in [4.78, 5) is 170. The Balaban J connectivity index is 2.58. The van der Waals surface area contributed by atoms with E-state index in [1.54, 1.807) is 109 Å². The van der Waals surface area contributed by atoms with Crippen LogP contribution in [-0.2, 0) is 64.0 Å². The molecular weight excluding hydrogens is 1240 g/mol. The SMILES string of the molecule is CC[C@H](C)[C@H](N)C(=O)N[C@@H](CCCN=C(N)N)C(=O)N[C@@H](CCCCN)C(=O)N[C@H](C(=O)N[C@@H](CC(C)C)C(=O)N[C@@H](Cc1ccccc1)C(=O)N[C@H](Sc1ccccc1)C(=O)N[C@@H](CC(C)C)C(=O)N[C@@H](CC(=O)O)C(=O)NCC(=O)N[C@H](C(N)=O)[C@@H](C)CC)[C@@H](C)CC. The predicted molar refractivity (Wildman–Crippen MR) is 362 cm³/mol. The molecule has 21 N–H and O–H groups in total. The van der Waals surface area contributed by atoms with Crippen molar-refractivity contribution in [2.24, 2.45) is 63.3 Å². The first-order chi connectivity index (χ1) is 44.8. The molecule has 0 aliphatic rings. The number of carbonyl (C=O) groups is 12. The highest BCUT2D eigenvalue weighted by atomic mass is 32.2. The van der Waals surface area contributed by atoms with Crippen LogP contribution >= 0.6 is 11.8 Å². The minimum absolute atomic E-state index is 0.0431. The number of carboxylic acids is 1. The molecule has 0 saturated carbocycles. The molecule has 0 heterocycles. The van der Waals surface area contributed by atoms with Gasteiger partial charge in [0.15, 0.2) is 11.3 Å². The first-order valence-electron chi connectivity index (χ1n) is 32.6. The van der Waals surface area contributed by atoms with Crippen LogP contribution in [0.15, 0.2) is 70.6 Å². The summed E-state index contributed by atoms with van der Waals surface area (Å²) in [5, 5.41) is 34.7. The van der Waals surface area contributed by atoms with Gasteiger partial charge in [-0.1, -0.05) is 149 Å². The molecule has 2 aromatic rings. The van der Waals surface area contributed by atoms with Crippen molar-refractivity contribution in [3.63, 3.8) is 0 Å². The lowest BCUT2D eigenvalue weighted by atomic mass is 9.95. The van der Waals surface area contributed by atoms with E-state index in [1.165, 1.54) is 0 Å². The largest absolute Gasteiger partial charge is 0.481 e. The van der Waals surface area contributed by atoms with Crippen LogP contribution in [0, 0.1) is 29.6 Å². The van der Waals surface area contributed by atoms with E-state index < -0.39 is 150 Å². The van der Waals surface area contributed by atoms with Crippen molar-refractivity contribution in [1.29, 1.82) is 0 Å². The van der Waals surface area contributed by atoms with Crippen LogP contribution < -0.4 is 81.8 Å². The molecule has 0 aliphatic carbocycles. The van der Waals surface area contributed by atoms with Gasteiger partial charge in [-0.25, -0.2) is 0 Å². The highest BCUT2D eigenvalue weighted by Crippen LogP contribution is 2.23. The number of nitrogens with zero attached hydrogens (tertiary/aromatic N) is 1. The van der Waals surface area contributed by atoms with E-state index in [0.717, 1.165) is 11.8 Å². The van der Waals surface area contributed by atoms with Gasteiger partial charge in [0.05, 0.1) is 19.0 Å². The van der Waals surface area contributed by atoms with Crippen molar-refractivity contribution in [3.8, 4) is 0 Å². The van der Waals surface area contributed by atoms with Crippen LogP contribution in [0.5, 0.6) is 0 Å². The van der Waals surface area contributed by atoms with Gasteiger partial charge in [-0.15, -0.1) is 0 Å². The topological polar surface area (TPSA) is 488 Å². The Bertz CT molecular complexity index is 2850. The Morgan fingerprint density at radius 3 is 1.47 bits per heavy atom. The average molecular weight is 1350 g/mol. The Labute approximate surface area is 562 Å². The summed E-state index contributed by atoms with van der Waals surface area (Å²) in [6.45, 7) is 17.5. The van der Waals surface area contributed by atoms with E-state index in [-0.39, 0.29) is 81.2 Å². The maximum absolute atomic E-state index is 14.9. The molecule has 29 nitrogen and oxygen atoms in total. The number of aliphatic carboxylic acids is 1. The Hall–Kier alpha value is -8.38. The minimum Gasteiger partial charge on any atom is -0.481 e. The molecule has 0 aromatic heterocycles. The lowest BCUT2D eigenvalue weighted by molar-refractivity contribution is -0.141. The predicted octanol–water partition coefficient (Wildman–Crippen LogP) is 0.159. The van der Waals surface area contributed by atoms with Crippen LogP contribution in [0.2, 0.25) is 0 Å². The summed E-state index contributed by atoms with van der Waals surface area (Å²) in [6, 6.07) is 5.49. The lowest BCUT2D eigenvalue weighted by Crippen LogP contribution is -2.61. The number of thioether (sulfide) groups is 1. The zero-order chi connectivity index (χ0) is 71.5. The average Bonchev–Trinajstić information content (AvgIpc) is 1.26. The second kappa shape index (κ2) is 43.6. The summed E-state index contributed by atoms with van der Waals surface area (Å²) >= 11 is 0.892. The Morgan fingerprint density at radius 1 is 0.495 bits per heavy atom. The normalized spacial score (nSPS) is 15.3. The van der Waals surface area contributed by atoms with Crippen LogP contribution in [0.25, 0.3) is 0 Å². The van der Waals surface area contributed by atoms with Crippen LogP contribution in [0.4, 0.5) is 0 Å². The fourth-order valence-electron chi connectivity index (χ4n) is 9.70. The van der Waals surface area contributed by atoms with Crippen molar-refractivity contribution in [3.05, 3.63) is 66.2 Å². The molecule has 11 amide bonds. The van der Waals surface area contributed by atoms with Gasteiger partial charge in [0, 0.05) is 17.9 Å². The maximum Gasteiger partial charge on any atom is 0.305 e. The molecule has 0 bridgehead atoms. The zero-order valence-corrected chi connectivity index (χ0v) is 57.4. The summed E-state index contributed by atoms with van der Waals surface area (Å²) in [7, 11) is 0. The molecule has 2 rings (SSSR count). The van der Waals surface area contributed by atoms with E-state index in [2.05, 4.69) is 58.2 Å². The standard InChI is InChI=1S/C65H106N16O13S/c1-11-38(8)51(67)61(92)74-44(28-22-30-71-65(69)70)56(87)73-43(27-20-21-29-66)57(88)80-53(40(10)13-3)62(93)77-45(31-36(4)5)58(89)75-47(33-41-23-16-14-17-24-41)60(91)81-64(95-42-25-18-15-19-26-42)63(94)78-46(32-37(6)7)59(90)76-48(34-50(83)84)55(86)72-35-49(82)79-52(54(68)85)39(9)12-2/h14-19,23-26,36-40,43-48,51-53,64H,11-13,20-22,27-35,66-67H2,1-10H3,(H2,68,85)(H,72,86)(H,73,87)(H,74,92)(H,75,89)(H,76,90)(H,77,93)(H,78,94)(H,79,82)(H,80,88)(H,81,91)(H,83,84)(H4,69,70,71)/t38-,39-,40-,43-,44-,45-,46-,47-,48-,51-,52-,53-,64+/m0/s1. The molecule has 13 atom stereocenters. The summed E-state index contributed by atoms with van der Waals surface area (Å²) in [5.74, 6) is -12.3. The van der Waals surface area contributed by atoms with Gasteiger partial charge < -0.3 is 86.9 Å². The Morgan fingerprint density at radius 2 is 0.958 bits per heavy atom. The van der Waals surface area contributed by atoms with E-state index >= 15 is 0 Å². The van der Waals surface area contributed by atoms with Crippen LogP contribution in [-0.4, -0.2) is 161 Å². The lowest BCUT2D eigenvalue weighted by Gasteiger charge is -2.30. The molecule has 0 saturated heterocycles. The highest BCUT2D eigenvalue weighted by Gasteiger charge is 2.38. The van der Waals surface area contributed by atoms with E-state index in [0.29, 0.717) is 42.6 Å². The van der Waals surface area contributed by atoms with E-state index in [9.17, 15) is 62.6 Å². The third-order valence-corrected chi connectivity index (χ3v) is 17.0. The molecule has 30 heteroatoms. The molecule has 0 fully saturated rings. The molecule has 0 aliphatic heterocycles. The quantitative estimate of drug-likeness (QED) is 0.0138. The van der Waals surface area contributed by atoms with Crippen molar-refractivity contribution in [2.45, 2.75) is 211 Å². The fraction of sp³-hybridized carbons (Fsp3) is 0.615. The number of carboxylic acid groups (broad SMARTS) is 1. The molecule has 2 aromatic carbocycles. The van der Waals surface area contributed by atoms with E-state index in [1.807, 2.05) is 20.8 Å². The summed E-state index contributed by atoms with van der Waals surface area (Å²) in [6.07, 6.45) is 1.68. The molecule has 530 valence electrons. The van der Waals surface area contributed by atoms with Gasteiger partial charge in [0.2, 0.25) is 59.1 Å². The molecule has 95 heavy (non-hydrogen) atoms. The smallest absolute Gasteiger partial charge is 0.305 e. The molecule has 0 unspecified atom stereocenters. The first-order valence-corrected chi connectivity index (χ1v) is 33.5. The number of guanidine groups is 1. The van der Waals surface area contributed by atoms with Gasteiger partial charge in [-0.05, 0) is 98.8 Å². The second-order valence-electron chi connectivity index (χ2n) is 24.8. The van der Waals surface area contributed by atoms with Crippen molar-refractivity contribution < 1.29 is 62.6 Å². The number of hydrogen-bond donors (Lipinski definition) is 16. The molecule has 0 radical (unpaired) electrons. The molecule has 0 spiro atoms. The monoisotopic (exact) mass is 1350 g/mol. The van der Waals surface area contributed by atoms with Gasteiger partial charge >= 0.3 is 5.97 Å². The number of unbranched alkanes of at least 4 members (excludes halogenated alkanes) is 1. The first kappa shape index (κ1) is 82.7. The Kier molecular flexibility index (Phi) is 37.9. The van der Waals surface area contributed by atoms with Crippen molar-refractivity contribution in [1.82, 2.24) is 53.2 Å². The van der Waals surface area contributed by atoms with Crippen LogP contribution in [0.1, 0.15) is 145 Å². The summed E-state index contributed by atoms with van der Waals surface area (Å²) in [5.41, 5.74) is 29.2. The van der Waals surface area contributed by atoms with E-state index in [4.69, 9.17) is 28.7 Å².